The highest BCUT2D eigenvalue weighted by Crippen LogP contribution is 2.33. The summed E-state index contributed by atoms with van der Waals surface area (Å²) in [6.07, 6.45) is 1.76. The minimum absolute atomic E-state index is 0.143. The molecule has 126 valence electrons. The molecule has 0 aromatic heterocycles. The van der Waals surface area contributed by atoms with Crippen molar-refractivity contribution in [3.63, 3.8) is 0 Å². The van der Waals surface area contributed by atoms with Crippen LogP contribution in [0.5, 0.6) is 11.5 Å². The lowest BCUT2D eigenvalue weighted by Gasteiger charge is -2.23. The lowest BCUT2D eigenvalue weighted by atomic mass is 10.1. The van der Waals surface area contributed by atoms with Crippen molar-refractivity contribution in [2.45, 2.75) is 0 Å². The van der Waals surface area contributed by atoms with Gasteiger partial charge < -0.3 is 14.4 Å². The van der Waals surface area contributed by atoms with E-state index in [1.807, 2.05) is 60.5 Å². The third kappa shape index (κ3) is 2.71. The molecule has 2 aliphatic heterocycles. The van der Waals surface area contributed by atoms with Crippen molar-refractivity contribution in [3.8, 4) is 11.5 Å². The van der Waals surface area contributed by atoms with Gasteiger partial charge in [0.05, 0.1) is 0 Å². The number of ether oxygens (including phenoxy) is 2. The Morgan fingerprint density at radius 2 is 1.88 bits per heavy atom. The van der Waals surface area contributed by atoms with E-state index in [4.69, 9.17) is 9.47 Å². The van der Waals surface area contributed by atoms with Crippen LogP contribution in [0.1, 0.15) is 5.56 Å². The van der Waals surface area contributed by atoms with Gasteiger partial charge in [0.1, 0.15) is 5.70 Å². The molecule has 0 aliphatic carbocycles. The van der Waals surface area contributed by atoms with Gasteiger partial charge in [-0.05, 0) is 35.9 Å². The first-order valence-electron chi connectivity index (χ1n) is 7.90. The molecule has 6 nitrogen and oxygen atoms in total. The first-order chi connectivity index (χ1) is 12.1. The number of rotatable bonds is 2. The molecule has 0 fully saturated rings. The standard InChI is InChI=1S/C19H17N3O3/c1-21(14-6-4-3-5-7-14)19-20-15(18(23)22(19)2)10-13-8-9-16-17(11-13)25-12-24-16/h3-11H,12H2,1-2H3. The van der Waals surface area contributed by atoms with Gasteiger partial charge in [0, 0.05) is 19.8 Å². The number of nitrogens with zero attached hydrogens (tertiary/aromatic N) is 3. The Balaban J connectivity index is 1.66. The van der Waals surface area contributed by atoms with E-state index in [1.54, 1.807) is 18.0 Å². The van der Waals surface area contributed by atoms with E-state index in [2.05, 4.69) is 4.99 Å². The minimum Gasteiger partial charge on any atom is -0.454 e. The number of anilines is 1. The molecule has 2 aliphatic rings. The van der Waals surface area contributed by atoms with Gasteiger partial charge >= 0.3 is 0 Å². The maximum Gasteiger partial charge on any atom is 0.279 e. The van der Waals surface area contributed by atoms with E-state index in [-0.39, 0.29) is 12.7 Å². The zero-order valence-electron chi connectivity index (χ0n) is 14.0. The zero-order valence-corrected chi connectivity index (χ0v) is 14.0. The summed E-state index contributed by atoms with van der Waals surface area (Å²) in [5, 5.41) is 0. The summed E-state index contributed by atoms with van der Waals surface area (Å²) in [7, 11) is 3.61. The van der Waals surface area contributed by atoms with Gasteiger partial charge in [0.25, 0.3) is 5.91 Å². The lowest BCUT2D eigenvalue weighted by Crippen LogP contribution is -2.39. The van der Waals surface area contributed by atoms with Gasteiger partial charge in [-0.25, -0.2) is 4.99 Å². The first kappa shape index (κ1) is 15.3. The van der Waals surface area contributed by atoms with Crippen LogP contribution in [0.15, 0.2) is 59.2 Å². The van der Waals surface area contributed by atoms with Crippen LogP contribution in [-0.2, 0) is 4.79 Å². The Bertz CT molecular complexity index is 890. The van der Waals surface area contributed by atoms with Crippen LogP contribution < -0.4 is 14.4 Å². The molecule has 2 aromatic rings. The summed E-state index contributed by atoms with van der Waals surface area (Å²) in [6, 6.07) is 15.4. The minimum atomic E-state index is -0.143. The molecule has 2 heterocycles. The SMILES string of the molecule is CN1C(=O)C(=Cc2ccc3c(c2)OCO3)N=C1N(C)c1ccccc1. The summed E-state index contributed by atoms with van der Waals surface area (Å²) in [5.74, 6) is 1.84. The number of para-hydroxylation sites is 1. The molecule has 1 amide bonds. The second-order valence-corrected chi connectivity index (χ2v) is 5.81. The fraction of sp³-hybridized carbons (Fsp3) is 0.158. The molecule has 0 spiro atoms. The number of hydrogen-bond acceptors (Lipinski definition) is 5. The monoisotopic (exact) mass is 335 g/mol. The van der Waals surface area contributed by atoms with Crippen molar-refractivity contribution >= 4 is 23.6 Å². The van der Waals surface area contributed by atoms with Crippen molar-refractivity contribution in [1.29, 1.82) is 0 Å². The predicted molar refractivity (Wildman–Crippen MR) is 95.6 cm³/mol. The molecule has 0 radical (unpaired) electrons. The molecular weight excluding hydrogens is 318 g/mol. The number of carbonyl (C=O) groups excluding carboxylic acids is 1. The Labute approximate surface area is 145 Å². The van der Waals surface area contributed by atoms with Crippen molar-refractivity contribution in [3.05, 3.63) is 59.8 Å². The summed E-state index contributed by atoms with van der Waals surface area (Å²) in [4.78, 5) is 20.5. The molecule has 0 saturated carbocycles. The van der Waals surface area contributed by atoms with Gasteiger partial charge in [-0.15, -0.1) is 0 Å². The molecule has 2 aromatic carbocycles. The van der Waals surface area contributed by atoms with Gasteiger partial charge in [-0.3, -0.25) is 9.69 Å². The fourth-order valence-corrected chi connectivity index (χ4v) is 2.82. The molecular formula is C19H17N3O3. The third-order valence-corrected chi connectivity index (χ3v) is 4.19. The quantitative estimate of drug-likeness (QED) is 0.792. The number of aliphatic imine (C=N–C) groups is 1. The van der Waals surface area contributed by atoms with Crippen LogP contribution in [-0.4, -0.2) is 37.7 Å². The number of amides is 1. The second kappa shape index (κ2) is 5.98. The van der Waals surface area contributed by atoms with E-state index in [0.29, 0.717) is 23.2 Å². The molecule has 0 atom stereocenters. The average molecular weight is 335 g/mol. The fourth-order valence-electron chi connectivity index (χ4n) is 2.82. The highest BCUT2D eigenvalue weighted by Gasteiger charge is 2.30. The Morgan fingerprint density at radius 3 is 2.68 bits per heavy atom. The maximum absolute atomic E-state index is 12.6. The normalized spacial score (nSPS) is 17.2. The number of guanidine groups is 1. The second-order valence-electron chi connectivity index (χ2n) is 5.81. The van der Waals surface area contributed by atoms with Crippen LogP contribution >= 0.6 is 0 Å². The number of benzene rings is 2. The molecule has 0 N–H and O–H groups in total. The van der Waals surface area contributed by atoms with Crippen molar-refractivity contribution < 1.29 is 14.3 Å². The van der Waals surface area contributed by atoms with Gasteiger partial charge in [-0.2, -0.15) is 0 Å². The van der Waals surface area contributed by atoms with Crippen LogP contribution in [0.2, 0.25) is 0 Å². The molecule has 6 heteroatoms. The largest absolute Gasteiger partial charge is 0.454 e. The summed E-state index contributed by atoms with van der Waals surface area (Å²) >= 11 is 0. The maximum atomic E-state index is 12.6. The Kier molecular flexibility index (Phi) is 3.65. The van der Waals surface area contributed by atoms with Crippen LogP contribution in [0.3, 0.4) is 0 Å². The predicted octanol–water partition coefficient (Wildman–Crippen LogP) is 2.72. The third-order valence-electron chi connectivity index (χ3n) is 4.19. The number of hydrogen-bond donors (Lipinski definition) is 0. The topological polar surface area (TPSA) is 54.4 Å². The highest BCUT2D eigenvalue weighted by molar-refractivity contribution is 6.17. The van der Waals surface area contributed by atoms with E-state index in [9.17, 15) is 4.79 Å². The van der Waals surface area contributed by atoms with E-state index in [0.717, 1.165) is 11.3 Å². The Hall–Kier alpha value is -3.28. The van der Waals surface area contributed by atoms with Crippen LogP contribution in [0.4, 0.5) is 5.69 Å². The molecule has 0 bridgehead atoms. The Morgan fingerprint density at radius 1 is 1.12 bits per heavy atom. The molecule has 0 unspecified atom stereocenters. The number of likely N-dealkylation sites (N-methyl/N-ethyl adjacent to an activating group) is 1. The van der Waals surface area contributed by atoms with Crippen molar-refractivity contribution in [2.75, 3.05) is 25.8 Å². The van der Waals surface area contributed by atoms with Gasteiger partial charge in [0.15, 0.2) is 11.5 Å². The number of carbonyl (C=O) groups is 1. The molecule has 0 saturated heterocycles. The average Bonchev–Trinajstić information content (AvgIpc) is 3.21. The molecule has 4 rings (SSSR count). The van der Waals surface area contributed by atoms with Crippen LogP contribution in [0.25, 0.3) is 6.08 Å². The smallest absolute Gasteiger partial charge is 0.279 e. The summed E-state index contributed by atoms with van der Waals surface area (Å²) in [5.41, 5.74) is 2.19. The van der Waals surface area contributed by atoms with Crippen molar-refractivity contribution in [1.82, 2.24) is 4.90 Å². The van der Waals surface area contributed by atoms with Gasteiger partial charge in [0.2, 0.25) is 12.8 Å². The van der Waals surface area contributed by atoms with Crippen molar-refractivity contribution in [2.24, 2.45) is 4.99 Å². The lowest BCUT2D eigenvalue weighted by molar-refractivity contribution is -0.121. The van der Waals surface area contributed by atoms with Gasteiger partial charge in [-0.1, -0.05) is 24.3 Å². The number of fused-ring (bicyclic) bond motifs is 1. The van der Waals surface area contributed by atoms with E-state index in [1.165, 1.54) is 0 Å². The first-order valence-corrected chi connectivity index (χ1v) is 7.90. The summed E-state index contributed by atoms with van der Waals surface area (Å²) in [6.45, 7) is 0.223. The summed E-state index contributed by atoms with van der Waals surface area (Å²) < 4.78 is 10.7. The van der Waals surface area contributed by atoms with E-state index >= 15 is 0 Å². The highest BCUT2D eigenvalue weighted by atomic mass is 16.7. The molecule has 25 heavy (non-hydrogen) atoms. The van der Waals surface area contributed by atoms with E-state index < -0.39 is 0 Å². The van der Waals surface area contributed by atoms with Crippen LogP contribution in [0, 0.1) is 0 Å². The zero-order chi connectivity index (χ0) is 17.4.